The van der Waals surface area contributed by atoms with Crippen molar-refractivity contribution >= 4 is 15.7 Å². The van der Waals surface area contributed by atoms with Gasteiger partial charge in [-0.25, -0.2) is 13.1 Å². The predicted molar refractivity (Wildman–Crippen MR) is 86.8 cm³/mol. The van der Waals surface area contributed by atoms with Gasteiger partial charge in [-0.1, -0.05) is 32.8 Å². The highest BCUT2D eigenvalue weighted by molar-refractivity contribution is 7.89. The van der Waals surface area contributed by atoms with Gasteiger partial charge in [0.1, 0.15) is 12.4 Å². The Kier molecular flexibility index (Phi) is 7.53. The third-order valence-corrected chi connectivity index (χ3v) is 4.36. The smallest absolute Gasteiger partial charge is 0.214 e. The highest BCUT2D eigenvalue weighted by Gasteiger charge is 2.09. The van der Waals surface area contributed by atoms with Crippen LogP contribution in [0.3, 0.4) is 0 Å². The Balaban J connectivity index is 2.20. The van der Waals surface area contributed by atoms with E-state index < -0.39 is 10.0 Å². The molecular weight excluding hydrogens is 288 g/mol. The second-order valence-corrected chi connectivity index (χ2v) is 7.45. The number of ether oxygens (including phenoxy) is 1. The van der Waals surface area contributed by atoms with Crippen molar-refractivity contribution in [2.45, 2.75) is 33.1 Å². The van der Waals surface area contributed by atoms with Crippen LogP contribution in [0.2, 0.25) is 0 Å². The summed E-state index contributed by atoms with van der Waals surface area (Å²) in [4.78, 5) is 0. The van der Waals surface area contributed by atoms with Gasteiger partial charge < -0.3 is 10.5 Å². The van der Waals surface area contributed by atoms with Crippen molar-refractivity contribution in [2.75, 3.05) is 24.6 Å². The fourth-order valence-electron chi connectivity index (χ4n) is 1.85. The summed E-state index contributed by atoms with van der Waals surface area (Å²) in [5.41, 5.74) is 6.22. The molecule has 0 atom stereocenters. The van der Waals surface area contributed by atoms with Crippen molar-refractivity contribution in [3.8, 4) is 5.75 Å². The normalized spacial score (nSPS) is 11.8. The first-order valence-corrected chi connectivity index (χ1v) is 9.00. The third-order valence-electron chi connectivity index (χ3n) is 3.01. The van der Waals surface area contributed by atoms with Crippen molar-refractivity contribution in [1.82, 2.24) is 4.72 Å². The molecule has 1 aromatic rings. The molecule has 0 aromatic heterocycles. The second-order valence-electron chi connectivity index (χ2n) is 5.52. The average molecular weight is 314 g/mol. The van der Waals surface area contributed by atoms with Gasteiger partial charge in [0.05, 0.1) is 5.75 Å². The van der Waals surface area contributed by atoms with E-state index in [1.54, 1.807) is 24.3 Å². The molecule has 21 heavy (non-hydrogen) atoms. The van der Waals surface area contributed by atoms with Crippen LogP contribution in [-0.2, 0) is 10.0 Å². The van der Waals surface area contributed by atoms with Gasteiger partial charge in [0.25, 0.3) is 0 Å². The molecule has 1 rings (SSSR count). The van der Waals surface area contributed by atoms with E-state index in [1.807, 2.05) is 0 Å². The van der Waals surface area contributed by atoms with Gasteiger partial charge in [0, 0.05) is 18.3 Å². The summed E-state index contributed by atoms with van der Waals surface area (Å²) >= 11 is 0. The van der Waals surface area contributed by atoms with Gasteiger partial charge in [0.2, 0.25) is 10.0 Å². The molecule has 0 amide bonds. The average Bonchev–Trinajstić information content (AvgIpc) is 2.37. The number of benzene rings is 1. The molecule has 0 aliphatic carbocycles. The van der Waals surface area contributed by atoms with Gasteiger partial charge >= 0.3 is 0 Å². The van der Waals surface area contributed by atoms with Gasteiger partial charge in [-0.05, 0) is 24.5 Å². The number of nitrogen functional groups attached to an aromatic ring is 1. The minimum atomic E-state index is -3.27. The Morgan fingerprint density at radius 3 is 2.71 bits per heavy atom. The van der Waals surface area contributed by atoms with Crippen molar-refractivity contribution in [2.24, 2.45) is 5.92 Å². The zero-order chi connectivity index (χ0) is 15.7. The van der Waals surface area contributed by atoms with Crippen LogP contribution >= 0.6 is 0 Å². The number of hydrogen-bond donors (Lipinski definition) is 2. The summed E-state index contributed by atoms with van der Waals surface area (Å²) in [5, 5.41) is 0. The molecule has 0 saturated carbocycles. The van der Waals surface area contributed by atoms with Crippen LogP contribution in [0.5, 0.6) is 5.75 Å². The summed E-state index contributed by atoms with van der Waals surface area (Å²) in [6, 6.07) is 6.95. The van der Waals surface area contributed by atoms with E-state index in [2.05, 4.69) is 18.6 Å². The minimum absolute atomic E-state index is 0.0496. The van der Waals surface area contributed by atoms with Crippen LogP contribution < -0.4 is 15.2 Å². The summed E-state index contributed by atoms with van der Waals surface area (Å²) in [6.07, 6.45) is 3.04. The molecule has 0 saturated heterocycles. The molecule has 0 spiro atoms. The van der Waals surface area contributed by atoms with E-state index in [1.165, 1.54) is 0 Å². The number of unbranched alkanes of at least 4 members (excludes halogenated alkanes) is 1. The maximum absolute atomic E-state index is 11.8. The van der Waals surface area contributed by atoms with Crippen LogP contribution in [0.4, 0.5) is 5.69 Å². The Labute approximate surface area is 127 Å². The van der Waals surface area contributed by atoms with E-state index in [4.69, 9.17) is 10.5 Å². The van der Waals surface area contributed by atoms with Crippen molar-refractivity contribution in [1.29, 1.82) is 0 Å². The third kappa shape index (κ3) is 8.57. The highest BCUT2D eigenvalue weighted by atomic mass is 32.2. The molecule has 0 radical (unpaired) electrons. The highest BCUT2D eigenvalue weighted by Crippen LogP contribution is 2.14. The predicted octanol–water partition coefficient (Wildman–Crippen LogP) is 2.39. The molecule has 1 aromatic carbocycles. The summed E-state index contributed by atoms with van der Waals surface area (Å²) in [6.45, 7) is 4.94. The Morgan fingerprint density at radius 1 is 1.29 bits per heavy atom. The Hall–Kier alpha value is -1.27. The van der Waals surface area contributed by atoms with Crippen LogP contribution in [0.15, 0.2) is 24.3 Å². The number of sulfonamides is 1. The monoisotopic (exact) mass is 314 g/mol. The maximum Gasteiger partial charge on any atom is 0.214 e. The SMILES string of the molecule is CC(C)CCCCNS(=O)(=O)CCOc1cccc(N)c1. The van der Waals surface area contributed by atoms with Gasteiger partial charge in [-0.3, -0.25) is 0 Å². The largest absolute Gasteiger partial charge is 0.492 e. The van der Waals surface area contributed by atoms with E-state index in [0.29, 0.717) is 23.9 Å². The lowest BCUT2D eigenvalue weighted by Crippen LogP contribution is -2.29. The van der Waals surface area contributed by atoms with Crippen molar-refractivity contribution < 1.29 is 13.2 Å². The minimum Gasteiger partial charge on any atom is -0.492 e. The van der Waals surface area contributed by atoms with Crippen LogP contribution in [-0.4, -0.2) is 27.3 Å². The van der Waals surface area contributed by atoms with Crippen molar-refractivity contribution in [3.63, 3.8) is 0 Å². The summed E-state index contributed by atoms with van der Waals surface area (Å²) in [7, 11) is -3.27. The fourth-order valence-corrected chi connectivity index (χ4v) is 2.75. The van der Waals surface area contributed by atoms with E-state index in [9.17, 15) is 8.42 Å². The topological polar surface area (TPSA) is 81.4 Å². The second kappa shape index (κ2) is 8.89. The molecule has 0 fully saturated rings. The lowest BCUT2D eigenvalue weighted by atomic mass is 10.1. The van der Waals surface area contributed by atoms with Gasteiger partial charge in [-0.2, -0.15) is 0 Å². The molecule has 0 aliphatic heterocycles. The fraction of sp³-hybridized carbons (Fsp3) is 0.600. The number of nitrogens with one attached hydrogen (secondary N) is 1. The maximum atomic E-state index is 11.8. The summed E-state index contributed by atoms with van der Waals surface area (Å²) < 4.78 is 31.5. The van der Waals surface area contributed by atoms with Gasteiger partial charge in [-0.15, -0.1) is 0 Å². The first-order chi connectivity index (χ1) is 9.89. The van der Waals surface area contributed by atoms with E-state index in [-0.39, 0.29) is 12.4 Å². The molecular formula is C15H26N2O3S. The quantitative estimate of drug-likeness (QED) is 0.513. The first kappa shape index (κ1) is 17.8. The number of hydrogen-bond acceptors (Lipinski definition) is 4. The van der Waals surface area contributed by atoms with Crippen LogP contribution in [0, 0.1) is 5.92 Å². The van der Waals surface area contributed by atoms with Crippen molar-refractivity contribution in [3.05, 3.63) is 24.3 Å². The number of nitrogens with two attached hydrogens (primary N) is 1. The molecule has 0 unspecified atom stereocenters. The molecule has 3 N–H and O–H groups in total. The zero-order valence-corrected chi connectivity index (χ0v) is 13.7. The molecule has 0 heterocycles. The lowest BCUT2D eigenvalue weighted by molar-refractivity contribution is 0.340. The number of anilines is 1. The van der Waals surface area contributed by atoms with E-state index >= 15 is 0 Å². The first-order valence-electron chi connectivity index (χ1n) is 7.35. The lowest BCUT2D eigenvalue weighted by Gasteiger charge is -2.09. The zero-order valence-electron chi connectivity index (χ0n) is 12.8. The van der Waals surface area contributed by atoms with Crippen LogP contribution in [0.25, 0.3) is 0 Å². The molecule has 120 valence electrons. The molecule has 0 bridgehead atoms. The Morgan fingerprint density at radius 2 is 2.05 bits per heavy atom. The van der Waals surface area contributed by atoms with Gasteiger partial charge in [0.15, 0.2) is 0 Å². The van der Waals surface area contributed by atoms with E-state index in [0.717, 1.165) is 19.3 Å². The molecule has 5 nitrogen and oxygen atoms in total. The molecule has 0 aliphatic rings. The van der Waals surface area contributed by atoms with Crippen LogP contribution in [0.1, 0.15) is 33.1 Å². The standard InChI is InChI=1S/C15H26N2O3S/c1-13(2)6-3-4-9-17-21(18,19)11-10-20-15-8-5-7-14(16)12-15/h5,7-8,12-13,17H,3-4,6,9-11,16H2,1-2H3. The summed E-state index contributed by atoms with van der Waals surface area (Å²) in [5.74, 6) is 1.20. The Bertz CT molecular complexity index is 515. The number of rotatable bonds is 10. The molecule has 6 heteroatoms.